The van der Waals surface area contributed by atoms with Crippen molar-refractivity contribution >= 4 is 29.5 Å². The minimum absolute atomic E-state index is 0.0858. The number of halogens is 1. The molecule has 2 aromatic carbocycles. The second kappa shape index (κ2) is 7.68. The average molecular weight is 383 g/mol. The highest BCUT2D eigenvalue weighted by Crippen LogP contribution is 2.25. The van der Waals surface area contributed by atoms with Gasteiger partial charge in [0.15, 0.2) is 0 Å². The van der Waals surface area contributed by atoms with E-state index < -0.39 is 5.97 Å². The Morgan fingerprint density at radius 3 is 2.63 bits per heavy atom. The number of carboxylic acids is 1. The van der Waals surface area contributed by atoms with Gasteiger partial charge in [-0.1, -0.05) is 17.7 Å². The maximum Gasteiger partial charge on any atom is 0.337 e. The molecule has 3 rings (SSSR count). The van der Waals surface area contributed by atoms with E-state index in [-0.39, 0.29) is 10.6 Å². The summed E-state index contributed by atoms with van der Waals surface area (Å²) < 4.78 is 7.24. The first-order valence-corrected chi connectivity index (χ1v) is 8.69. The molecule has 0 atom stereocenters. The summed E-state index contributed by atoms with van der Waals surface area (Å²) in [6.07, 6.45) is 1.81. The minimum Gasteiger partial charge on any atom is -0.497 e. The number of carbonyl (C=O) groups is 1. The first-order chi connectivity index (χ1) is 12.9. The number of methoxy groups -OCH3 is 1. The molecule has 0 radical (unpaired) electrons. The number of rotatable bonds is 5. The van der Waals surface area contributed by atoms with Gasteiger partial charge in [-0.3, -0.25) is 4.99 Å². The predicted octanol–water partition coefficient (Wildman–Crippen LogP) is 5.20. The van der Waals surface area contributed by atoms with Crippen LogP contribution >= 0.6 is 11.6 Å². The largest absolute Gasteiger partial charge is 0.497 e. The zero-order chi connectivity index (χ0) is 19.6. The van der Waals surface area contributed by atoms with Crippen LogP contribution in [0.5, 0.6) is 5.75 Å². The number of aliphatic imine (C=N–C) groups is 1. The summed E-state index contributed by atoms with van der Waals surface area (Å²) in [5.41, 5.74) is 4.64. The van der Waals surface area contributed by atoms with E-state index in [0.717, 1.165) is 34.1 Å². The van der Waals surface area contributed by atoms with Crippen molar-refractivity contribution in [1.82, 2.24) is 4.57 Å². The molecule has 1 heterocycles. The maximum absolute atomic E-state index is 11.2. The number of aromatic carboxylic acids is 1. The number of carboxylic acid groups (broad SMARTS) is 1. The third-order valence-electron chi connectivity index (χ3n) is 4.32. The van der Waals surface area contributed by atoms with Crippen molar-refractivity contribution in [2.75, 3.05) is 7.11 Å². The molecule has 27 heavy (non-hydrogen) atoms. The normalized spacial score (nSPS) is 11.1. The van der Waals surface area contributed by atoms with E-state index >= 15 is 0 Å². The fourth-order valence-corrected chi connectivity index (χ4v) is 3.22. The Bertz CT molecular complexity index is 1040. The number of hydrogen-bond donors (Lipinski definition) is 1. The Hall–Kier alpha value is -3.05. The van der Waals surface area contributed by atoms with Gasteiger partial charge in [0, 0.05) is 34.9 Å². The Morgan fingerprint density at radius 2 is 1.96 bits per heavy atom. The zero-order valence-electron chi connectivity index (χ0n) is 15.2. The summed E-state index contributed by atoms with van der Waals surface area (Å²) in [7, 11) is 1.62. The fraction of sp³-hybridized carbons (Fsp3) is 0.143. The van der Waals surface area contributed by atoms with Gasteiger partial charge >= 0.3 is 5.97 Å². The molecule has 0 spiro atoms. The summed E-state index contributed by atoms with van der Waals surface area (Å²) in [4.78, 5) is 15.7. The highest BCUT2D eigenvalue weighted by atomic mass is 35.5. The number of aromatic nitrogens is 1. The highest BCUT2D eigenvalue weighted by Gasteiger charge is 2.13. The lowest BCUT2D eigenvalue weighted by Crippen LogP contribution is -2.02. The highest BCUT2D eigenvalue weighted by molar-refractivity contribution is 6.33. The lowest BCUT2D eigenvalue weighted by atomic mass is 10.2. The first kappa shape index (κ1) is 18.7. The molecule has 1 aromatic heterocycles. The quantitative estimate of drug-likeness (QED) is 0.616. The topological polar surface area (TPSA) is 63.8 Å². The maximum atomic E-state index is 11.2. The molecular formula is C21H19ClN2O3. The molecule has 0 unspecified atom stereocenters. The third-order valence-corrected chi connectivity index (χ3v) is 4.63. The van der Waals surface area contributed by atoms with Gasteiger partial charge in [-0.05, 0) is 50.2 Å². The van der Waals surface area contributed by atoms with Crippen molar-refractivity contribution in [3.05, 3.63) is 76.1 Å². The SMILES string of the molecule is COc1cccc(N=Cc2cc(C)n(-c3ccc(C(=O)O)c(Cl)c3)c2C)c1. The standard InChI is InChI=1S/C21H19ClN2O3/c1-13-9-15(12-23-16-5-4-6-18(10-16)27-3)14(2)24(13)17-7-8-19(21(25)26)20(22)11-17/h4-12H,1-3H3,(H,25,26). The number of ether oxygens (including phenoxy) is 1. The monoisotopic (exact) mass is 382 g/mol. The van der Waals surface area contributed by atoms with Crippen molar-refractivity contribution in [3.8, 4) is 11.4 Å². The van der Waals surface area contributed by atoms with Gasteiger partial charge < -0.3 is 14.4 Å². The van der Waals surface area contributed by atoms with Crippen LogP contribution in [0.2, 0.25) is 5.02 Å². The molecular weight excluding hydrogens is 364 g/mol. The minimum atomic E-state index is -1.04. The van der Waals surface area contributed by atoms with Gasteiger partial charge in [0.25, 0.3) is 0 Å². The van der Waals surface area contributed by atoms with Gasteiger partial charge in [0.05, 0.1) is 23.4 Å². The number of hydrogen-bond acceptors (Lipinski definition) is 3. The van der Waals surface area contributed by atoms with E-state index in [1.807, 2.05) is 48.7 Å². The zero-order valence-corrected chi connectivity index (χ0v) is 16.0. The molecule has 138 valence electrons. The molecule has 1 N–H and O–H groups in total. The predicted molar refractivity (Wildman–Crippen MR) is 107 cm³/mol. The molecule has 0 aliphatic rings. The Morgan fingerprint density at radius 1 is 1.19 bits per heavy atom. The molecule has 3 aromatic rings. The van der Waals surface area contributed by atoms with Gasteiger partial charge in [0.2, 0.25) is 0 Å². The Labute approximate surface area is 162 Å². The summed E-state index contributed by atoms with van der Waals surface area (Å²) in [5.74, 6) is -0.290. The lowest BCUT2D eigenvalue weighted by molar-refractivity contribution is 0.0697. The van der Waals surface area contributed by atoms with Crippen LogP contribution in [0, 0.1) is 13.8 Å². The van der Waals surface area contributed by atoms with Gasteiger partial charge in [-0.25, -0.2) is 4.79 Å². The summed E-state index contributed by atoms with van der Waals surface area (Å²) >= 11 is 6.12. The lowest BCUT2D eigenvalue weighted by Gasteiger charge is -2.11. The fourth-order valence-electron chi connectivity index (χ4n) is 2.97. The van der Waals surface area contributed by atoms with Gasteiger partial charge in [0.1, 0.15) is 5.75 Å². The van der Waals surface area contributed by atoms with Gasteiger partial charge in [-0.2, -0.15) is 0 Å². The van der Waals surface area contributed by atoms with E-state index in [1.165, 1.54) is 6.07 Å². The summed E-state index contributed by atoms with van der Waals surface area (Å²) in [6, 6.07) is 14.5. The van der Waals surface area contributed by atoms with Crippen molar-refractivity contribution in [3.63, 3.8) is 0 Å². The van der Waals surface area contributed by atoms with Crippen molar-refractivity contribution < 1.29 is 14.6 Å². The number of benzene rings is 2. The molecule has 6 heteroatoms. The molecule has 0 saturated carbocycles. The van der Waals surface area contributed by atoms with Crippen molar-refractivity contribution in [2.45, 2.75) is 13.8 Å². The van der Waals surface area contributed by atoms with Crippen LogP contribution in [-0.4, -0.2) is 29.0 Å². The summed E-state index contributed by atoms with van der Waals surface area (Å²) in [6.45, 7) is 3.97. The smallest absolute Gasteiger partial charge is 0.337 e. The third kappa shape index (κ3) is 3.88. The molecule has 0 aliphatic carbocycles. The number of nitrogens with zero attached hydrogens (tertiary/aromatic N) is 2. The molecule has 0 bridgehead atoms. The summed E-state index contributed by atoms with van der Waals surface area (Å²) in [5, 5.41) is 9.35. The molecule has 0 fully saturated rings. The van der Waals surface area contributed by atoms with Gasteiger partial charge in [-0.15, -0.1) is 0 Å². The number of aryl methyl sites for hydroxylation is 1. The van der Waals surface area contributed by atoms with Crippen LogP contribution in [0.4, 0.5) is 5.69 Å². The van der Waals surface area contributed by atoms with E-state index in [9.17, 15) is 4.79 Å². The molecule has 5 nitrogen and oxygen atoms in total. The Balaban J connectivity index is 1.96. The second-order valence-electron chi connectivity index (χ2n) is 6.09. The first-order valence-electron chi connectivity index (χ1n) is 8.31. The average Bonchev–Trinajstić information content (AvgIpc) is 2.93. The van der Waals surface area contributed by atoms with Crippen LogP contribution in [0.25, 0.3) is 5.69 Å². The van der Waals surface area contributed by atoms with Crippen LogP contribution in [0.1, 0.15) is 27.3 Å². The van der Waals surface area contributed by atoms with Crippen molar-refractivity contribution in [1.29, 1.82) is 0 Å². The van der Waals surface area contributed by atoms with Crippen LogP contribution in [0.3, 0.4) is 0 Å². The van der Waals surface area contributed by atoms with E-state index in [2.05, 4.69) is 4.99 Å². The van der Waals surface area contributed by atoms with Crippen LogP contribution in [-0.2, 0) is 0 Å². The van der Waals surface area contributed by atoms with Crippen LogP contribution in [0.15, 0.2) is 53.5 Å². The second-order valence-corrected chi connectivity index (χ2v) is 6.50. The van der Waals surface area contributed by atoms with Crippen LogP contribution < -0.4 is 4.74 Å². The molecule has 0 amide bonds. The Kier molecular flexibility index (Phi) is 5.33. The molecule has 0 saturated heterocycles. The molecule has 0 aliphatic heterocycles. The van der Waals surface area contributed by atoms with E-state index in [1.54, 1.807) is 25.5 Å². The van der Waals surface area contributed by atoms with Crippen molar-refractivity contribution in [2.24, 2.45) is 4.99 Å². The van der Waals surface area contributed by atoms with E-state index in [4.69, 9.17) is 21.4 Å². The van der Waals surface area contributed by atoms with E-state index in [0.29, 0.717) is 0 Å².